The smallest absolute Gasteiger partial charge is 0.166 e. The molecule has 0 aromatic rings. The van der Waals surface area contributed by atoms with Gasteiger partial charge in [0, 0.05) is 5.80 Å². The molecule has 0 fully saturated rings. The molecule has 0 N–H and O–H groups in total. The van der Waals surface area contributed by atoms with Gasteiger partial charge < -0.3 is 4.79 Å². The van der Waals surface area contributed by atoms with Crippen LogP contribution in [0.5, 0.6) is 0 Å². The average Bonchev–Trinajstić information content (AvgIpc) is 1.68. The molecule has 0 saturated carbocycles. The third kappa shape index (κ3) is 3.34. The summed E-state index contributed by atoms with van der Waals surface area (Å²) in [6, 6.07) is 0. The van der Waals surface area contributed by atoms with Crippen LogP contribution in [0.4, 0.5) is 0 Å². The van der Waals surface area contributed by atoms with Gasteiger partial charge in [-0.3, -0.25) is 4.79 Å². The Morgan fingerprint density at radius 2 is 2.29 bits per heavy atom. The number of hydrogen-bond donors (Lipinski definition) is 0. The SMILES string of the molecule is O=CCC(=O)C=P. The molecule has 0 amide bonds. The zero-order valence-electron chi connectivity index (χ0n) is 3.68. The summed E-state index contributed by atoms with van der Waals surface area (Å²) in [6.07, 6.45) is 0.544. The molecule has 38 valence electrons. The Kier molecular flexibility index (Phi) is 3.43. The lowest BCUT2D eigenvalue weighted by molar-refractivity contribution is -0.117. The standard InChI is InChI=1S/C4H5O2P/c5-2-1-4(6)3-7/h2-3,7H,1H2. The Hall–Kier alpha value is -0.490. The molecule has 0 aliphatic heterocycles. The maximum Gasteiger partial charge on any atom is 0.166 e. The van der Waals surface area contributed by atoms with Crippen molar-refractivity contribution in [3.63, 3.8) is 0 Å². The Labute approximate surface area is 43.7 Å². The fourth-order valence-corrected chi connectivity index (χ4v) is 0.259. The Morgan fingerprint density at radius 3 is 2.43 bits per heavy atom. The van der Waals surface area contributed by atoms with Crippen LogP contribution in [0.1, 0.15) is 6.42 Å². The van der Waals surface area contributed by atoms with Crippen LogP contribution >= 0.6 is 8.86 Å². The Balaban J connectivity index is 3.36. The van der Waals surface area contributed by atoms with Crippen LogP contribution in [0, 0.1) is 0 Å². The van der Waals surface area contributed by atoms with E-state index in [2.05, 4.69) is 8.86 Å². The molecule has 0 radical (unpaired) electrons. The molecule has 0 unspecified atom stereocenters. The van der Waals surface area contributed by atoms with Crippen molar-refractivity contribution in [2.45, 2.75) is 6.42 Å². The normalized spacial score (nSPS) is 7.43. The number of carbonyl (C=O) groups is 2. The zero-order valence-corrected chi connectivity index (χ0v) is 4.68. The van der Waals surface area contributed by atoms with Gasteiger partial charge in [-0.25, -0.2) is 0 Å². The van der Waals surface area contributed by atoms with Crippen molar-refractivity contribution in [1.29, 1.82) is 0 Å². The molecule has 0 aliphatic carbocycles. The fraction of sp³-hybridized carbons (Fsp3) is 0.250. The minimum atomic E-state index is -0.202. The highest BCUT2D eigenvalue weighted by Crippen LogP contribution is 1.72. The Morgan fingerprint density at radius 1 is 1.71 bits per heavy atom. The van der Waals surface area contributed by atoms with E-state index in [4.69, 9.17) is 0 Å². The molecule has 0 bridgehead atoms. The predicted molar refractivity (Wildman–Crippen MR) is 30.1 cm³/mol. The summed E-state index contributed by atoms with van der Waals surface area (Å²) >= 11 is 0. The Bertz CT molecular complexity index is 97.9. The maximum absolute atomic E-state index is 10.1. The van der Waals surface area contributed by atoms with E-state index >= 15 is 0 Å². The number of rotatable bonds is 3. The second-order valence-corrected chi connectivity index (χ2v) is 1.27. The summed E-state index contributed by atoms with van der Waals surface area (Å²) in [5.74, 6) is 0.987. The topological polar surface area (TPSA) is 34.1 Å². The number of carbonyl (C=O) groups excluding carboxylic acids is 2. The van der Waals surface area contributed by atoms with Gasteiger partial charge in [0.1, 0.15) is 6.29 Å². The largest absolute Gasteiger partial charge is 0.303 e. The highest BCUT2D eigenvalue weighted by molar-refractivity contribution is 7.22. The van der Waals surface area contributed by atoms with E-state index in [0.717, 1.165) is 0 Å². The van der Waals surface area contributed by atoms with Crippen LogP contribution in [0.2, 0.25) is 0 Å². The van der Waals surface area contributed by atoms with Gasteiger partial charge >= 0.3 is 0 Å². The molecule has 0 aromatic carbocycles. The third-order valence-electron chi connectivity index (χ3n) is 0.446. The molecule has 0 aliphatic rings. The summed E-state index contributed by atoms with van der Waals surface area (Å²) < 4.78 is 0. The summed E-state index contributed by atoms with van der Waals surface area (Å²) in [5.41, 5.74) is 0. The molecule has 0 aromatic heterocycles. The van der Waals surface area contributed by atoms with Crippen LogP contribution in [0.3, 0.4) is 0 Å². The van der Waals surface area contributed by atoms with Gasteiger partial charge in [-0.05, 0) is 0 Å². The van der Waals surface area contributed by atoms with Crippen molar-refractivity contribution in [2.24, 2.45) is 0 Å². The lowest BCUT2D eigenvalue weighted by atomic mass is 10.3. The summed E-state index contributed by atoms with van der Waals surface area (Å²) in [6.45, 7) is 0. The number of hydrogen-bond acceptors (Lipinski definition) is 2. The van der Waals surface area contributed by atoms with Crippen molar-refractivity contribution >= 4 is 26.7 Å². The van der Waals surface area contributed by atoms with Crippen molar-refractivity contribution in [2.75, 3.05) is 0 Å². The molecule has 7 heavy (non-hydrogen) atoms. The van der Waals surface area contributed by atoms with Crippen molar-refractivity contribution < 1.29 is 9.59 Å². The van der Waals surface area contributed by atoms with Crippen molar-refractivity contribution in [3.05, 3.63) is 0 Å². The predicted octanol–water partition coefficient (Wildman–Crippen LogP) is 0.0895. The summed E-state index contributed by atoms with van der Waals surface area (Å²) in [5, 5.41) is 0. The monoisotopic (exact) mass is 116 g/mol. The highest BCUT2D eigenvalue weighted by atomic mass is 31.0. The van der Waals surface area contributed by atoms with E-state index in [9.17, 15) is 9.59 Å². The van der Waals surface area contributed by atoms with Gasteiger partial charge in [0.05, 0.1) is 6.42 Å². The zero-order chi connectivity index (χ0) is 5.70. The quantitative estimate of drug-likeness (QED) is 0.297. The minimum absolute atomic E-state index is 0.0243. The number of ketones is 1. The first-order valence-electron chi connectivity index (χ1n) is 1.78. The third-order valence-corrected chi connectivity index (χ3v) is 0.767. The average molecular weight is 116 g/mol. The van der Waals surface area contributed by atoms with Gasteiger partial charge in [-0.1, -0.05) is 0 Å². The number of Topliss-reactive ketones (excluding diaryl/α,β-unsaturated/α-hetero) is 1. The molecular weight excluding hydrogens is 111 g/mol. The van der Waals surface area contributed by atoms with Gasteiger partial charge in [0.15, 0.2) is 5.78 Å². The van der Waals surface area contributed by atoms with Crippen LogP contribution in [0.25, 0.3) is 0 Å². The second kappa shape index (κ2) is 3.69. The van der Waals surface area contributed by atoms with E-state index in [-0.39, 0.29) is 12.2 Å². The van der Waals surface area contributed by atoms with Gasteiger partial charge in [0.2, 0.25) is 0 Å². The molecule has 0 saturated heterocycles. The first kappa shape index (κ1) is 6.51. The van der Waals surface area contributed by atoms with E-state index in [1.54, 1.807) is 0 Å². The highest BCUT2D eigenvalue weighted by Gasteiger charge is 1.88. The fourth-order valence-electron chi connectivity index (χ4n) is 0.141. The second-order valence-electron chi connectivity index (χ2n) is 0.981. The van der Waals surface area contributed by atoms with E-state index in [1.807, 2.05) is 0 Å². The first-order valence-corrected chi connectivity index (χ1v) is 2.36. The summed E-state index contributed by atoms with van der Waals surface area (Å²) in [7, 11) is 2.83. The molecular formula is C4H5O2P. The lowest BCUT2D eigenvalue weighted by Crippen LogP contribution is -1.95. The maximum atomic E-state index is 10.1. The molecule has 0 spiro atoms. The van der Waals surface area contributed by atoms with Gasteiger partial charge in [-0.15, -0.1) is 8.86 Å². The molecule has 0 heterocycles. The van der Waals surface area contributed by atoms with Crippen LogP contribution < -0.4 is 0 Å². The van der Waals surface area contributed by atoms with Crippen molar-refractivity contribution in [3.8, 4) is 0 Å². The van der Waals surface area contributed by atoms with Crippen molar-refractivity contribution in [1.82, 2.24) is 0 Å². The minimum Gasteiger partial charge on any atom is -0.303 e. The number of aldehydes is 1. The van der Waals surface area contributed by atoms with E-state index in [0.29, 0.717) is 6.29 Å². The van der Waals surface area contributed by atoms with Crippen LogP contribution in [-0.4, -0.2) is 17.9 Å². The lowest BCUT2D eigenvalue weighted by Gasteiger charge is -1.74. The molecule has 3 heteroatoms. The molecule has 2 nitrogen and oxygen atoms in total. The van der Waals surface area contributed by atoms with Crippen LogP contribution in [0.15, 0.2) is 0 Å². The van der Waals surface area contributed by atoms with E-state index in [1.165, 1.54) is 5.80 Å². The van der Waals surface area contributed by atoms with Crippen LogP contribution in [-0.2, 0) is 9.59 Å². The summed E-state index contributed by atoms with van der Waals surface area (Å²) in [4.78, 5) is 19.6. The first-order chi connectivity index (χ1) is 3.31. The van der Waals surface area contributed by atoms with Gasteiger partial charge in [0.25, 0.3) is 0 Å². The molecule has 0 rings (SSSR count). The van der Waals surface area contributed by atoms with Gasteiger partial charge in [-0.2, -0.15) is 0 Å². The molecule has 0 atom stereocenters. The van der Waals surface area contributed by atoms with E-state index < -0.39 is 0 Å².